The van der Waals surface area contributed by atoms with Crippen LogP contribution in [0.2, 0.25) is 0 Å². The molecule has 0 aromatic carbocycles. The average Bonchev–Trinajstić information content (AvgIpc) is 2.29. The molecule has 0 aliphatic carbocycles. The number of hydrogen-bond acceptors (Lipinski definition) is 3. The minimum atomic E-state index is -1.07. The third-order valence-corrected chi connectivity index (χ3v) is 2.49. The summed E-state index contributed by atoms with van der Waals surface area (Å²) in [5.41, 5.74) is 0. The van der Waals surface area contributed by atoms with Crippen LogP contribution in [-0.2, 0) is 14.3 Å². The third kappa shape index (κ3) is 4.29. The molecule has 1 heterocycles. The third-order valence-electron chi connectivity index (χ3n) is 2.11. The Morgan fingerprint density at radius 2 is 2.12 bits per heavy atom. The maximum Gasteiger partial charge on any atom is 0.256 e. The molecule has 0 unspecified atom stereocenters. The van der Waals surface area contributed by atoms with E-state index in [0.29, 0.717) is 26.3 Å². The van der Waals surface area contributed by atoms with Crippen LogP contribution < -0.4 is 0 Å². The van der Waals surface area contributed by atoms with Gasteiger partial charge >= 0.3 is 0 Å². The Bertz CT molecular complexity index is 242. The van der Waals surface area contributed by atoms with E-state index in [9.17, 15) is 4.79 Å². The van der Waals surface area contributed by atoms with Gasteiger partial charge in [-0.3, -0.25) is 4.79 Å². The number of amides is 1. The van der Waals surface area contributed by atoms with Gasteiger partial charge in [0.05, 0.1) is 19.8 Å². The standard InChI is InChI=1S/C10H15Cl2NO3/c1-2-4-13(10(14)9(11)12)7-8-15-5-3-6-16-8/h2,8-9H,1,3-7H2. The highest BCUT2D eigenvalue weighted by molar-refractivity contribution is 6.53. The van der Waals surface area contributed by atoms with Crippen molar-refractivity contribution in [3.05, 3.63) is 12.7 Å². The van der Waals surface area contributed by atoms with Crippen LogP contribution in [0.5, 0.6) is 0 Å². The van der Waals surface area contributed by atoms with Crippen molar-refractivity contribution in [3.8, 4) is 0 Å². The van der Waals surface area contributed by atoms with Gasteiger partial charge in [0.1, 0.15) is 0 Å². The van der Waals surface area contributed by atoms with E-state index in [2.05, 4.69) is 6.58 Å². The molecular formula is C10H15Cl2NO3. The highest BCUT2D eigenvalue weighted by atomic mass is 35.5. The Morgan fingerprint density at radius 3 is 2.62 bits per heavy atom. The van der Waals surface area contributed by atoms with Crippen LogP contribution in [0, 0.1) is 0 Å². The number of carbonyl (C=O) groups excluding carboxylic acids is 1. The summed E-state index contributed by atoms with van der Waals surface area (Å²) in [5, 5.41) is 0. The number of halogens is 2. The van der Waals surface area contributed by atoms with Gasteiger partial charge in [-0.15, -0.1) is 6.58 Å². The monoisotopic (exact) mass is 267 g/mol. The molecule has 6 heteroatoms. The Balaban J connectivity index is 2.48. The number of nitrogens with zero attached hydrogens (tertiary/aromatic N) is 1. The molecule has 0 aromatic rings. The zero-order valence-corrected chi connectivity index (χ0v) is 10.4. The van der Waals surface area contributed by atoms with Gasteiger partial charge in [-0.05, 0) is 6.42 Å². The molecule has 0 bridgehead atoms. The Kier molecular flexibility index (Phi) is 6.13. The topological polar surface area (TPSA) is 38.8 Å². The molecule has 0 atom stereocenters. The van der Waals surface area contributed by atoms with Gasteiger partial charge in [0, 0.05) is 6.54 Å². The van der Waals surface area contributed by atoms with Crippen LogP contribution in [-0.4, -0.2) is 48.2 Å². The summed E-state index contributed by atoms with van der Waals surface area (Å²) in [6.07, 6.45) is 2.08. The van der Waals surface area contributed by atoms with E-state index in [4.69, 9.17) is 32.7 Å². The fraction of sp³-hybridized carbons (Fsp3) is 0.700. The lowest BCUT2D eigenvalue weighted by Gasteiger charge is -2.29. The van der Waals surface area contributed by atoms with E-state index >= 15 is 0 Å². The first-order valence-electron chi connectivity index (χ1n) is 5.06. The largest absolute Gasteiger partial charge is 0.351 e. The second kappa shape index (κ2) is 7.12. The second-order valence-electron chi connectivity index (χ2n) is 3.36. The molecule has 1 rings (SSSR count). The van der Waals surface area contributed by atoms with E-state index in [-0.39, 0.29) is 5.91 Å². The normalized spacial score (nSPS) is 17.4. The second-order valence-corrected chi connectivity index (χ2v) is 4.45. The number of ether oxygens (including phenoxy) is 2. The lowest BCUT2D eigenvalue weighted by molar-refractivity contribution is -0.188. The number of hydrogen-bond donors (Lipinski definition) is 0. The molecule has 0 aromatic heterocycles. The molecule has 0 radical (unpaired) electrons. The van der Waals surface area contributed by atoms with Gasteiger partial charge in [-0.2, -0.15) is 0 Å². The number of carbonyl (C=O) groups is 1. The first-order valence-corrected chi connectivity index (χ1v) is 5.93. The molecule has 16 heavy (non-hydrogen) atoms. The van der Waals surface area contributed by atoms with Crippen molar-refractivity contribution >= 4 is 29.1 Å². The molecule has 0 N–H and O–H groups in total. The minimum absolute atomic E-state index is 0.320. The fourth-order valence-corrected chi connectivity index (χ4v) is 1.65. The van der Waals surface area contributed by atoms with E-state index in [1.165, 1.54) is 4.90 Å². The van der Waals surface area contributed by atoms with Crippen molar-refractivity contribution in [2.45, 2.75) is 17.5 Å². The van der Waals surface area contributed by atoms with Crippen molar-refractivity contribution in [1.29, 1.82) is 0 Å². The molecule has 0 saturated carbocycles. The number of rotatable bonds is 5. The SMILES string of the molecule is C=CCN(CC1OCCCO1)C(=O)C(Cl)Cl. The van der Waals surface area contributed by atoms with Crippen LogP contribution >= 0.6 is 23.2 Å². The summed E-state index contributed by atoms with van der Waals surface area (Å²) in [6, 6.07) is 0. The van der Waals surface area contributed by atoms with Crippen LogP contribution in [0.3, 0.4) is 0 Å². The van der Waals surface area contributed by atoms with Crippen LogP contribution in [0.4, 0.5) is 0 Å². The maximum atomic E-state index is 11.6. The summed E-state index contributed by atoms with van der Waals surface area (Å²) in [6.45, 7) is 5.56. The van der Waals surface area contributed by atoms with Gasteiger partial charge in [0.15, 0.2) is 11.1 Å². The smallest absolute Gasteiger partial charge is 0.256 e. The van der Waals surface area contributed by atoms with E-state index in [1.807, 2.05) is 0 Å². The predicted molar refractivity (Wildman–Crippen MR) is 62.6 cm³/mol. The highest BCUT2D eigenvalue weighted by Gasteiger charge is 2.24. The lowest BCUT2D eigenvalue weighted by atomic mass is 10.4. The first kappa shape index (κ1) is 13.8. The van der Waals surface area contributed by atoms with E-state index < -0.39 is 11.1 Å². The van der Waals surface area contributed by atoms with Gasteiger partial charge in [0.2, 0.25) is 0 Å². The van der Waals surface area contributed by atoms with Gasteiger partial charge in [-0.1, -0.05) is 29.3 Å². The molecule has 1 amide bonds. The quantitative estimate of drug-likeness (QED) is 0.561. The lowest BCUT2D eigenvalue weighted by Crippen LogP contribution is -2.43. The summed E-state index contributed by atoms with van der Waals surface area (Å²) in [7, 11) is 0. The predicted octanol–water partition coefficient (Wildman–Crippen LogP) is 1.57. The van der Waals surface area contributed by atoms with Gasteiger partial charge < -0.3 is 14.4 Å². The molecule has 1 aliphatic heterocycles. The molecule has 1 aliphatic rings. The van der Waals surface area contributed by atoms with Crippen molar-refractivity contribution < 1.29 is 14.3 Å². The molecule has 92 valence electrons. The van der Waals surface area contributed by atoms with E-state index in [1.54, 1.807) is 6.08 Å². The molecule has 0 spiro atoms. The van der Waals surface area contributed by atoms with E-state index in [0.717, 1.165) is 6.42 Å². The Hall–Kier alpha value is -0.290. The molecule has 1 saturated heterocycles. The van der Waals surface area contributed by atoms with Crippen molar-refractivity contribution in [2.24, 2.45) is 0 Å². The summed E-state index contributed by atoms with van der Waals surface area (Å²) >= 11 is 11.1. The zero-order valence-electron chi connectivity index (χ0n) is 8.90. The van der Waals surface area contributed by atoms with Gasteiger partial charge in [0.25, 0.3) is 5.91 Å². The molecule has 1 fully saturated rings. The van der Waals surface area contributed by atoms with Crippen LogP contribution in [0.1, 0.15) is 6.42 Å². The maximum absolute atomic E-state index is 11.6. The average molecular weight is 268 g/mol. The highest BCUT2D eigenvalue weighted by Crippen LogP contribution is 2.11. The molecule has 4 nitrogen and oxygen atoms in total. The van der Waals surface area contributed by atoms with Crippen molar-refractivity contribution in [3.63, 3.8) is 0 Å². The van der Waals surface area contributed by atoms with Crippen molar-refractivity contribution in [2.75, 3.05) is 26.3 Å². The number of alkyl halides is 2. The molecular weight excluding hydrogens is 253 g/mol. The summed E-state index contributed by atoms with van der Waals surface area (Å²) in [5.74, 6) is -0.360. The Morgan fingerprint density at radius 1 is 1.50 bits per heavy atom. The minimum Gasteiger partial charge on any atom is -0.351 e. The van der Waals surface area contributed by atoms with Gasteiger partial charge in [-0.25, -0.2) is 0 Å². The van der Waals surface area contributed by atoms with Crippen LogP contribution in [0.25, 0.3) is 0 Å². The summed E-state index contributed by atoms with van der Waals surface area (Å²) in [4.78, 5) is 12.0. The Labute approximate surface area is 105 Å². The zero-order chi connectivity index (χ0) is 12.0. The van der Waals surface area contributed by atoms with Crippen LogP contribution in [0.15, 0.2) is 12.7 Å². The summed E-state index contributed by atoms with van der Waals surface area (Å²) < 4.78 is 10.7. The first-order chi connectivity index (χ1) is 7.65. The van der Waals surface area contributed by atoms with Crippen molar-refractivity contribution in [1.82, 2.24) is 4.90 Å². The fourth-order valence-electron chi connectivity index (χ4n) is 1.37.